The third-order valence-electron chi connectivity index (χ3n) is 2.36. The fraction of sp³-hybridized carbons (Fsp3) is 0.182. The Balaban J connectivity index is 2.69. The van der Waals surface area contributed by atoms with Gasteiger partial charge < -0.3 is 19.6 Å². The van der Waals surface area contributed by atoms with Gasteiger partial charge in [-0.3, -0.25) is 0 Å². The number of hydrogen-bond acceptors (Lipinski definition) is 3. The first-order valence-electron chi connectivity index (χ1n) is 4.63. The SMILES string of the molecule is COc1cc(OC)c2cc(C(=O)O)[nH]c2c1. The van der Waals surface area contributed by atoms with Crippen LogP contribution in [0.15, 0.2) is 18.2 Å². The van der Waals surface area contributed by atoms with Crippen LogP contribution in [0.5, 0.6) is 11.5 Å². The van der Waals surface area contributed by atoms with Crippen molar-refractivity contribution in [3.63, 3.8) is 0 Å². The van der Waals surface area contributed by atoms with Crippen LogP contribution < -0.4 is 9.47 Å². The molecule has 0 unspecified atom stereocenters. The Morgan fingerprint density at radius 2 is 2.00 bits per heavy atom. The van der Waals surface area contributed by atoms with Crippen molar-refractivity contribution in [1.82, 2.24) is 4.98 Å². The minimum absolute atomic E-state index is 0.126. The molecule has 1 aromatic heterocycles. The number of benzene rings is 1. The maximum atomic E-state index is 10.8. The lowest BCUT2D eigenvalue weighted by Crippen LogP contribution is -1.94. The Hall–Kier alpha value is -2.17. The third-order valence-corrected chi connectivity index (χ3v) is 2.36. The van der Waals surface area contributed by atoms with E-state index in [1.54, 1.807) is 19.2 Å². The molecule has 5 nitrogen and oxygen atoms in total. The van der Waals surface area contributed by atoms with Gasteiger partial charge in [0.25, 0.3) is 0 Å². The molecule has 0 aliphatic rings. The molecule has 84 valence electrons. The lowest BCUT2D eigenvalue weighted by molar-refractivity contribution is 0.0691. The average Bonchev–Trinajstić information content (AvgIpc) is 2.71. The van der Waals surface area contributed by atoms with E-state index in [0.29, 0.717) is 17.0 Å². The molecule has 0 amide bonds. The highest BCUT2D eigenvalue weighted by Gasteiger charge is 2.12. The summed E-state index contributed by atoms with van der Waals surface area (Å²) in [5.41, 5.74) is 0.801. The Kier molecular flexibility index (Phi) is 2.44. The van der Waals surface area contributed by atoms with E-state index in [0.717, 1.165) is 5.39 Å². The van der Waals surface area contributed by atoms with E-state index in [9.17, 15) is 4.79 Å². The van der Waals surface area contributed by atoms with Crippen molar-refractivity contribution < 1.29 is 19.4 Å². The van der Waals surface area contributed by atoms with Gasteiger partial charge in [-0.25, -0.2) is 4.79 Å². The van der Waals surface area contributed by atoms with E-state index in [4.69, 9.17) is 14.6 Å². The second-order valence-electron chi connectivity index (χ2n) is 3.28. The minimum atomic E-state index is -1.00. The predicted octanol–water partition coefficient (Wildman–Crippen LogP) is 1.88. The molecular weight excluding hydrogens is 210 g/mol. The van der Waals surface area contributed by atoms with Crippen LogP contribution in [0.25, 0.3) is 10.9 Å². The summed E-state index contributed by atoms with van der Waals surface area (Å²) in [6.07, 6.45) is 0. The summed E-state index contributed by atoms with van der Waals surface area (Å²) in [6.45, 7) is 0. The number of H-pyrrole nitrogens is 1. The monoisotopic (exact) mass is 221 g/mol. The summed E-state index contributed by atoms with van der Waals surface area (Å²) in [7, 11) is 3.07. The molecule has 2 aromatic rings. The van der Waals surface area contributed by atoms with Crippen LogP contribution in [-0.4, -0.2) is 30.3 Å². The van der Waals surface area contributed by atoms with Gasteiger partial charge in [-0.05, 0) is 6.07 Å². The summed E-state index contributed by atoms with van der Waals surface area (Å²) in [5.74, 6) is 0.193. The van der Waals surface area contributed by atoms with Crippen molar-refractivity contribution in [3.05, 3.63) is 23.9 Å². The number of aromatic carboxylic acids is 1. The number of carboxylic acids is 1. The van der Waals surface area contributed by atoms with Crippen LogP contribution in [0.3, 0.4) is 0 Å². The standard InChI is InChI=1S/C11H11NO4/c1-15-6-3-8-7(10(4-6)16-2)5-9(12-8)11(13)14/h3-5,12H,1-2H3,(H,13,14). The summed E-state index contributed by atoms with van der Waals surface area (Å²) >= 11 is 0. The van der Waals surface area contributed by atoms with E-state index in [-0.39, 0.29) is 5.69 Å². The first-order valence-corrected chi connectivity index (χ1v) is 4.63. The Bertz CT molecular complexity index is 544. The molecule has 0 spiro atoms. The van der Waals surface area contributed by atoms with Crippen LogP contribution in [0.1, 0.15) is 10.5 Å². The highest BCUT2D eigenvalue weighted by molar-refractivity contribution is 5.96. The van der Waals surface area contributed by atoms with Crippen LogP contribution in [0.4, 0.5) is 0 Å². The smallest absolute Gasteiger partial charge is 0.352 e. The number of rotatable bonds is 3. The zero-order chi connectivity index (χ0) is 11.7. The Labute approximate surface area is 91.6 Å². The van der Waals surface area contributed by atoms with Gasteiger partial charge in [0.15, 0.2) is 0 Å². The molecule has 2 rings (SSSR count). The maximum Gasteiger partial charge on any atom is 0.352 e. The van der Waals surface area contributed by atoms with Gasteiger partial charge in [-0.2, -0.15) is 0 Å². The molecule has 5 heteroatoms. The fourth-order valence-electron chi connectivity index (χ4n) is 1.58. The van der Waals surface area contributed by atoms with Gasteiger partial charge >= 0.3 is 5.97 Å². The van der Waals surface area contributed by atoms with Crippen molar-refractivity contribution in [2.75, 3.05) is 14.2 Å². The van der Waals surface area contributed by atoms with Crippen LogP contribution in [0.2, 0.25) is 0 Å². The molecule has 0 fully saturated rings. The molecule has 0 saturated carbocycles. The lowest BCUT2D eigenvalue weighted by Gasteiger charge is -2.04. The molecule has 1 heterocycles. The molecule has 2 N–H and O–H groups in total. The Morgan fingerprint density at radius 1 is 1.25 bits per heavy atom. The van der Waals surface area contributed by atoms with E-state index in [1.807, 2.05) is 0 Å². The lowest BCUT2D eigenvalue weighted by atomic mass is 10.2. The van der Waals surface area contributed by atoms with E-state index in [1.165, 1.54) is 13.2 Å². The molecule has 1 aromatic carbocycles. The fourth-order valence-corrected chi connectivity index (χ4v) is 1.58. The van der Waals surface area contributed by atoms with Crippen molar-refractivity contribution in [2.24, 2.45) is 0 Å². The zero-order valence-electron chi connectivity index (χ0n) is 8.90. The van der Waals surface area contributed by atoms with E-state index >= 15 is 0 Å². The van der Waals surface area contributed by atoms with Crippen molar-refractivity contribution >= 4 is 16.9 Å². The minimum Gasteiger partial charge on any atom is -0.497 e. The molecule has 16 heavy (non-hydrogen) atoms. The number of methoxy groups -OCH3 is 2. The number of carbonyl (C=O) groups is 1. The highest BCUT2D eigenvalue weighted by atomic mass is 16.5. The first kappa shape index (κ1) is 10.4. The molecule has 0 atom stereocenters. The Morgan fingerprint density at radius 3 is 2.56 bits per heavy atom. The molecule has 0 aliphatic heterocycles. The quantitative estimate of drug-likeness (QED) is 0.830. The van der Waals surface area contributed by atoms with Crippen LogP contribution in [0, 0.1) is 0 Å². The van der Waals surface area contributed by atoms with Gasteiger partial charge in [-0.15, -0.1) is 0 Å². The number of aromatic amines is 1. The summed E-state index contributed by atoms with van der Waals surface area (Å²) in [4.78, 5) is 13.6. The van der Waals surface area contributed by atoms with Gasteiger partial charge in [0.05, 0.1) is 19.7 Å². The highest BCUT2D eigenvalue weighted by Crippen LogP contribution is 2.31. The largest absolute Gasteiger partial charge is 0.497 e. The summed E-state index contributed by atoms with van der Waals surface area (Å²) in [6, 6.07) is 4.97. The second-order valence-corrected chi connectivity index (χ2v) is 3.28. The van der Waals surface area contributed by atoms with Gasteiger partial charge in [0.1, 0.15) is 17.2 Å². The molecule has 0 aliphatic carbocycles. The van der Waals surface area contributed by atoms with Crippen molar-refractivity contribution in [1.29, 1.82) is 0 Å². The zero-order valence-corrected chi connectivity index (χ0v) is 8.90. The summed E-state index contributed by atoms with van der Waals surface area (Å²) < 4.78 is 10.3. The van der Waals surface area contributed by atoms with Gasteiger partial charge in [-0.1, -0.05) is 0 Å². The molecule has 0 bridgehead atoms. The number of hydrogen-bond donors (Lipinski definition) is 2. The topological polar surface area (TPSA) is 71.6 Å². The molecule has 0 radical (unpaired) electrons. The van der Waals surface area contributed by atoms with Crippen molar-refractivity contribution in [2.45, 2.75) is 0 Å². The number of fused-ring (bicyclic) bond motifs is 1. The van der Waals surface area contributed by atoms with Gasteiger partial charge in [0.2, 0.25) is 0 Å². The van der Waals surface area contributed by atoms with Crippen LogP contribution in [-0.2, 0) is 0 Å². The maximum absolute atomic E-state index is 10.8. The van der Waals surface area contributed by atoms with Crippen molar-refractivity contribution in [3.8, 4) is 11.5 Å². The normalized spacial score (nSPS) is 10.4. The number of ether oxygens (including phenoxy) is 2. The number of carboxylic acid groups (broad SMARTS) is 1. The first-order chi connectivity index (χ1) is 7.65. The predicted molar refractivity (Wildman–Crippen MR) is 58.4 cm³/mol. The second kappa shape index (κ2) is 3.77. The third kappa shape index (κ3) is 1.56. The van der Waals surface area contributed by atoms with E-state index < -0.39 is 5.97 Å². The van der Waals surface area contributed by atoms with E-state index in [2.05, 4.69) is 4.98 Å². The average molecular weight is 221 g/mol. The summed E-state index contributed by atoms with van der Waals surface area (Å²) in [5, 5.41) is 9.60. The van der Waals surface area contributed by atoms with Gasteiger partial charge in [0, 0.05) is 17.5 Å². The molecular formula is C11H11NO4. The van der Waals surface area contributed by atoms with Crippen LogP contribution >= 0.6 is 0 Å². The number of nitrogens with one attached hydrogen (secondary N) is 1. The number of aromatic nitrogens is 1. The molecule has 0 saturated heterocycles.